The van der Waals surface area contributed by atoms with Crippen LogP contribution in [0, 0.1) is 13.8 Å². The van der Waals surface area contributed by atoms with E-state index in [1.165, 1.54) is 0 Å². The number of aromatic nitrogens is 3. The van der Waals surface area contributed by atoms with Crippen molar-refractivity contribution in [1.29, 1.82) is 0 Å². The van der Waals surface area contributed by atoms with Crippen LogP contribution < -0.4 is 5.73 Å². The molecule has 4 nitrogen and oxygen atoms in total. The fraction of sp³-hybridized carbons (Fsp3) is 0.333. The molecule has 0 saturated carbocycles. The van der Waals surface area contributed by atoms with Crippen LogP contribution in [0.5, 0.6) is 0 Å². The van der Waals surface area contributed by atoms with Crippen LogP contribution in [0.3, 0.4) is 0 Å². The van der Waals surface area contributed by atoms with E-state index in [-0.39, 0.29) is 0 Å². The van der Waals surface area contributed by atoms with Gasteiger partial charge in [-0.1, -0.05) is 17.7 Å². The summed E-state index contributed by atoms with van der Waals surface area (Å²) in [7, 11) is 0. The van der Waals surface area contributed by atoms with E-state index in [0.29, 0.717) is 13.1 Å². The van der Waals surface area contributed by atoms with Gasteiger partial charge in [0, 0.05) is 12.7 Å². The van der Waals surface area contributed by atoms with E-state index >= 15 is 0 Å². The van der Waals surface area contributed by atoms with Gasteiger partial charge in [-0.3, -0.25) is 9.67 Å². The van der Waals surface area contributed by atoms with Crippen LogP contribution >= 0.6 is 11.6 Å². The SMILES string of the molecule is Cc1nn(Cc2ccc(CN)cn2)c(C)c1Cl. The molecule has 2 aromatic rings. The number of hydrogen-bond donors (Lipinski definition) is 1. The summed E-state index contributed by atoms with van der Waals surface area (Å²) in [6.07, 6.45) is 1.79. The molecule has 0 fully saturated rings. The zero-order valence-corrected chi connectivity index (χ0v) is 10.7. The standard InChI is InChI=1S/C12H15ClN4/c1-8-12(13)9(2)17(16-8)7-11-4-3-10(5-14)6-15-11/h3-4,6H,5,7,14H2,1-2H3. The highest BCUT2D eigenvalue weighted by molar-refractivity contribution is 6.31. The first kappa shape index (κ1) is 12.1. The molecular formula is C12H15ClN4. The molecule has 0 atom stereocenters. The fourth-order valence-corrected chi connectivity index (χ4v) is 1.79. The van der Waals surface area contributed by atoms with Gasteiger partial charge in [-0.15, -0.1) is 0 Å². The topological polar surface area (TPSA) is 56.7 Å². The zero-order valence-electron chi connectivity index (χ0n) is 9.94. The molecule has 0 bridgehead atoms. The van der Waals surface area contributed by atoms with Crippen molar-refractivity contribution in [3.05, 3.63) is 46.0 Å². The molecule has 0 aliphatic rings. The third-order valence-corrected chi connectivity index (χ3v) is 3.27. The van der Waals surface area contributed by atoms with Crippen molar-refractivity contribution in [3.63, 3.8) is 0 Å². The molecule has 2 heterocycles. The molecule has 2 N–H and O–H groups in total. The molecule has 17 heavy (non-hydrogen) atoms. The van der Waals surface area contributed by atoms with E-state index in [1.807, 2.05) is 30.7 Å². The minimum atomic E-state index is 0.513. The Labute approximate surface area is 105 Å². The largest absolute Gasteiger partial charge is 0.326 e. The number of rotatable bonds is 3. The Morgan fingerprint density at radius 2 is 2.12 bits per heavy atom. The van der Waals surface area contributed by atoms with E-state index in [1.54, 1.807) is 6.20 Å². The van der Waals surface area contributed by atoms with Crippen molar-refractivity contribution in [1.82, 2.24) is 14.8 Å². The lowest BCUT2D eigenvalue weighted by Gasteiger charge is -2.04. The molecule has 90 valence electrons. The van der Waals surface area contributed by atoms with Gasteiger partial charge < -0.3 is 5.73 Å². The zero-order chi connectivity index (χ0) is 12.4. The van der Waals surface area contributed by atoms with Gasteiger partial charge in [0.05, 0.1) is 28.6 Å². The number of pyridine rings is 1. The molecule has 0 amide bonds. The van der Waals surface area contributed by atoms with Gasteiger partial charge in [0.2, 0.25) is 0 Å². The Bertz CT molecular complexity index is 516. The second-order valence-corrected chi connectivity index (χ2v) is 4.38. The second kappa shape index (κ2) is 4.85. The Kier molecular flexibility index (Phi) is 3.45. The summed E-state index contributed by atoms with van der Waals surface area (Å²) >= 11 is 6.09. The molecule has 2 aromatic heterocycles. The molecule has 2 rings (SSSR count). The first-order valence-corrected chi connectivity index (χ1v) is 5.83. The van der Waals surface area contributed by atoms with Gasteiger partial charge in [0.1, 0.15) is 0 Å². The number of aryl methyl sites for hydroxylation is 1. The van der Waals surface area contributed by atoms with Gasteiger partial charge in [0.15, 0.2) is 0 Å². The van der Waals surface area contributed by atoms with Crippen LogP contribution in [-0.4, -0.2) is 14.8 Å². The van der Waals surface area contributed by atoms with Crippen LogP contribution in [0.1, 0.15) is 22.6 Å². The van der Waals surface area contributed by atoms with E-state index < -0.39 is 0 Å². The summed E-state index contributed by atoms with van der Waals surface area (Å²) in [6.45, 7) is 5.00. The van der Waals surface area contributed by atoms with Crippen molar-refractivity contribution >= 4 is 11.6 Å². The van der Waals surface area contributed by atoms with Crippen LogP contribution in [-0.2, 0) is 13.1 Å². The molecule has 0 aliphatic heterocycles. The highest BCUT2D eigenvalue weighted by Crippen LogP contribution is 2.19. The number of halogens is 1. The molecule has 0 saturated heterocycles. The van der Waals surface area contributed by atoms with Crippen molar-refractivity contribution < 1.29 is 0 Å². The van der Waals surface area contributed by atoms with Crippen LogP contribution in [0.15, 0.2) is 18.3 Å². The highest BCUT2D eigenvalue weighted by Gasteiger charge is 2.09. The van der Waals surface area contributed by atoms with Gasteiger partial charge in [0.25, 0.3) is 0 Å². The maximum atomic E-state index is 6.09. The summed E-state index contributed by atoms with van der Waals surface area (Å²) in [6, 6.07) is 3.95. The minimum absolute atomic E-state index is 0.513. The highest BCUT2D eigenvalue weighted by atomic mass is 35.5. The Hall–Kier alpha value is -1.39. The molecule has 0 spiro atoms. The second-order valence-electron chi connectivity index (χ2n) is 4.00. The van der Waals surface area contributed by atoms with E-state index in [2.05, 4.69) is 10.1 Å². The lowest BCUT2D eigenvalue weighted by Crippen LogP contribution is -2.06. The predicted molar refractivity (Wildman–Crippen MR) is 67.9 cm³/mol. The monoisotopic (exact) mass is 250 g/mol. The Balaban J connectivity index is 2.22. The number of hydrogen-bond acceptors (Lipinski definition) is 3. The van der Waals surface area contributed by atoms with Crippen molar-refractivity contribution in [2.24, 2.45) is 5.73 Å². The van der Waals surface area contributed by atoms with Crippen molar-refractivity contribution in [2.75, 3.05) is 0 Å². The molecule has 0 radical (unpaired) electrons. The molecular weight excluding hydrogens is 236 g/mol. The minimum Gasteiger partial charge on any atom is -0.326 e. The third-order valence-electron chi connectivity index (χ3n) is 2.73. The molecule has 5 heteroatoms. The van der Waals surface area contributed by atoms with E-state index in [9.17, 15) is 0 Å². The van der Waals surface area contributed by atoms with Crippen molar-refractivity contribution in [2.45, 2.75) is 26.9 Å². The van der Waals surface area contributed by atoms with E-state index in [0.717, 1.165) is 27.7 Å². The first-order chi connectivity index (χ1) is 8.11. The maximum absolute atomic E-state index is 6.09. The molecule has 0 aromatic carbocycles. The molecule has 0 aliphatic carbocycles. The third kappa shape index (κ3) is 2.48. The Morgan fingerprint density at radius 3 is 2.59 bits per heavy atom. The van der Waals surface area contributed by atoms with Crippen LogP contribution in [0.2, 0.25) is 5.02 Å². The molecule has 0 unspecified atom stereocenters. The van der Waals surface area contributed by atoms with Crippen LogP contribution in [0.25, 0.3) is 0 Å². The number of nitrogens with zero attached hydrogens (tertiary/aromatic N) is 3. The van der Waals surface area contributed by atoms with Crippen molar-refractivity contribution in [3.8, 4) is 0 Å². The van der Waals surface area contributed by atoms with Gasteiger partial charge >= 0.3 is 0 Å². The first-order valence-electron chi connectivity index (χ1n) is 5.45. The summed E-state index contributed by atoms with van der Waals surface area (Å²) in [5.74, 6) is 0. The summed E-state index contributed by atoms with van der Waals surface area (Å²) in [4.78, 5) is 4.34. The van der Waals surface area contributed by atoms with E-state index in [4.69, 9.17) is 17.3 Å². The quantitative estimate of drug-likeness (QED) is 0.907. The predicted octanol–water partition coefficient (Wildman–Crippen LogP) is 2.06. The summed E-state index contributed by atoms with van der Waals surface area (Å²) < 4.78 is 1.86. The van der Waals surface area contributed by atoms with Gasteiger partial charge in [-0.05, 0) is 25.5 Å². The normalized spacial score (nSPS) is 10.8. The summed E-state index contributed by atoms with van der Waals surface area (Å²) in [5, 5.41) is 5.09. The fourth-order valence-electron chi connectivity index (χ4n) is 1.65. The van der Waals surface area contributed by atoms with Gasteiger partial charge in [-0.2, -0.15) is 5.10 Å². The lowest BCUT2D eigenvalue weighted by molar-refractivity contribution is 0.646. The average Bonchev–Trinajstić information content (AvgIpc) is 2.58. The number of nitrogens with two attached hydrogens (primary N) is 1. The lowest BCUT2D eigenvalue weighted by atomic mass is 10.2. The smallest absolute Gasteiger partial charge is 0.0844 e. The average molecular weight is 251 g/mol. The Morgan fingerprint density at radius 1 is 1.35 bits per heavy atom. The van der Waals surface area contributed by atoms with Crippen LogP contribution in [0.4, 0.5) is 0 Å². The summed E-state index contributed by atoms with van der Waals surface area (Å²) in [5.41, 5.74) is 9.32. The maximum Gasteiger partial charge on any atom is 0.0844 e. The van der Waals surface area contributed by atoms with Gasteiger partial charge in [-0.25, -0.2) is 0 Å².